The van der Waals surface area contributed by atoms with Crippen molar-refractivity contribution in [2.24, 2.45) is 16.6 Å². The number of halogens is 1. The summed E-state index contributed by atoms with van der Waals surface area (Å²) in [4.78, 5) is 6.95. The number of hydrogen-bond donors (Lipinski definition) is 2. The highest BCUT2D eigenvalue weighted by atomic mass is 79.9. The van der Waals surface area contributed by atoms with E-state index in [1.807, 2.05) is 18.2 Å². The average Bonchev–Trinajstić information content (AvgIpc) is 3.05. The first kappa shape index (κ1) is 18.9. The summed E-state index contributed by atoms with van der Waals surface area (Å²) in [5, 5.41) is 3.16. The van der Waals surface area contributed by atoms with Crippen LogP contribution in [0.2, 0.25) is 0 Å². The fourth-order valence-corrected chi connectivity index (χ4v) is 3.79. The number of fused-ring (bicyclic) bond motifs is 1. The molecular formula is C21H25BrN4O2. The van der Waals surface area contributed by atoms with Crippen molar-refractivity contribution in [1.82, 2.24) is 0 Å². The van der Waals surface area contributed by atoms with E-state index in [1.54, 1.807) is 0 Å². The summed E-state index contributed by atoms with van der Waals surface area (Å²) in [5.74, 6) is 2.46. The van der Waals surface area contributed by atoms with Gasteiger partial charge in [0.05, 0.1) is 13.2 Å². The summed E-state index contributed by atoms with van der Waals surface area (Å²) in [6, 6.07) is 14.2. The number of ether oxygens (including phenoxy) is 2. The zero-order valence-corrected chi connectivity index (χ0v) is 17.3. The lowest BCUT2D eigenvalue weighted by Gasteiger charge is -2.18. The highest BCUT2D eigenvalue weighted by Crippen LogP contribution is 2.32. The molecule has 0 bridgehead atoms. The largest absolute Gasteiger partial charge is 0.490 e. The quantitative estimate of drug-likeness (QED) is 0.553. The Morgan fingerprint density at radius 1 is 1.14 bits per heavy atom. The van der Waals surface area contributed by atoms with E-state index in [0.717, 1.165) is 54.1 Å². The van der Waals surface area contributed by atoms with Crippen LogP contribution in [-0.2, 0) is 0 Å². The van der Waals surface area contributed by atoms with Gasteiger partial charge in [-0.15, -0.1) is 0 Å². The van der Waals surface area contributed by atoms with Crippen LogP contribution in [-0.4, -0.2) is 38.8 Å². The van der Waals surface area contributed by atoms with Crippen molar-refractivity contribution in [3.63, 3.8) is 0 Å². The van der Waals surface area contributed by atoms with Gasteiger partial charge < -0.3 is 25.4 Å². The summed E-state index contributed by atoms with van der Waals surface area (Å²) in [5.41, 5.74) is 8.21. The highest BCUT2D eigenvalue weighted by Gasteiger charge is 2.22. The third kappa shape index (κ3) is 4.70. The van der Waals surface area contributed by atoms with E-state index in [0.29, 0.717) is 25.1 Å². The molecule has 0 aromatic heterocycles. The van der Waals surface area contributed by atoms with E-state index in [9.17, 15) is 0 Å². The molecule has 2 aromatic carbocycles. The predicted octanol–water partition coefficient (Wildman–Crippen LogP) is 3.86. The van der Waals surface area contributed by atoms with Crippen molar-refractivity contribution in [1.29, 1.82) is 0 Å². The molecule has 0 amide bonds. The predicted molar refractivity (Wildman–Crippen MR) is 117 cm³/mol. The normalized spacial score (nSPS) is 19.4. The molecule has 4 rings (SSSR count). The molecule has 0 aliphatic carbocycles. The topological polar surface area (TPSA) is 72.1 Å². The van der Waals surface area contributed by atoms with Crippen LogP contribution in [0.15, 0.2) is 51.9 Å². The molecule has 2 aromatic rings. The van der Waals surface area contributed by atoms with Gasteiger partial charge >= 0.3 is 0 Å². The van der Waals surface area contributed by atoms with Crippen LogP contribution in [0.3, 0.4) is 0 Å². The van der Waals surface area contributed by atoms with Crippen LogP contribution in [0.1, 0.15) is 12.8 Å². The van der Waals surface area contributed by atoms with E-state index in [2.05, 4.69) is 55.4 Å². The Hall–Kier alpha value is -2.41. The van der Waals surface area contributed by atoms with Crippen molar-refractivity contribution in [3.05, 3.63) is 46.9 Å². The maximum atomic E-state index is 6.10. The molecule has 0 saturated carbocycles. The zero-order valence-electron chi connectivity index (χ0n) is 15.7. The molecule has 7 heteroatoms. The summed E-state index contributed by atoms with van der Waals surface area (Å²) in [6.07, 6.45) is 2.01. The van der Waals surface area contributed by atoms with Gasteiger partial charge in [-0.05, 0) is 48.7 Å². The molecular weight excluding hydrogens is 420 g/mol. The summed E-state index contributed by atoms with van der Waals surface area (Å²) in [6.45, 7) is 4.12. The SMILES string of the molecule is NC(=NCC1CCN(c2ccc(Br)cc2)C1)Nc1ccc2c(c1)OCCCO2. The Labute approximate surface area is 173 Å². The number of benzene rings is 2. The first-order valence-corrected chi connectivity index (χ1v) is 10.4. The van der Waals surface area contributed by atoms with Gasteiger partial charge in [-0.3, -0.25) is 4.99 Å². The maximum Gasteiger partial charge on any atom is 0.193 e. The first-order valence-electron chi connectivity index (χ1n) is 9.64. The Morgan fingerprint density at radius 3 is 2.75 bits per heavy atom. The number of rotatable bonds is 4. The second-order valence-corrected chi connectivity index (χ2v) is 8.06. The van der Waals surface area contributed by atoms with Crippen molar-refractivity contribution >= 4 is 33.3 Å². The molecule has 2 heterocycles. The standard InChI is InChI=1S/C21H25BrN4O2/c22-16-2-5-18(6-3-16)26-9-8-15(14-26)13-24-21(23)25-17-4-7-19-20(12-17)28-11-1-10-27-19/h2-7,12,15H,1,8-11,13-14H2,(H3,23,24,25). The second-order valence-electron chi connectivity index (χ2n) is 7.14. The van der Waals surface area contributed by atoms with Gasteiger partial charge in [0.25, 0.3) is 0 Å². The molecule has 1 saturated heterocycles. The van der Waals surface area contributed by atoms with Crippen LogP contribution in [0.4, 0.5) is 11.4 Å². The minimum Gasteiger partial charge on any atom is -0.490 e. The molecule has 0 spiro atoms. The lowest BCUT2D eigenvalue weighted by Crippen LogP contribution is -2.25. The Kier molecular flexibility index (Phi) is 5.90. The number of hydrogen-bond acceptors (Lipinski definition) is 4. The third-order valence-electron chi connectivity index (χ3n) is 5.02. The molecule has 3 N–H and O–H groups in total. The van der Waals surface area contributed by atoms with Gasteiger partial charge in [-0.1, -0.05) is 15.9 Å². The van der Waals surface area contributed by atoms with E-state index >= 15 is 0 Å². The van der Waals surface area contributed by atoms with E-state index < -0.39 is 0 Å². The minimum atomic E-state index is 0.427. The first-order chi connectivity index (χ1) is 13.7. The van der Waals surface area contributed by atoms with Crippen LogP contribution in [0.5, 0.6) is 11.5 Å². The lowest BCUT2D eigenvalue weighted by molar-refractivity contribution is 0.297. The van der Waals surface area contributed by atoms with Crippen molar-refractivity contribution in [2.75, 3.05) is 43.1 Å². The Bertz CT molecular complexity index is 841. The fraction of sp³-hybridized carbons (Fsp3) is 0.381. The molecule has 2 aliphatic rings. The number of aliphatic imine (C=N–C) groups is 1. The zero-order chi connectivity index (χ0) is 19.3. The summed E-state index contributed by atoms with van der Waals surface area (Å²) >= 11 is 3.49. The van der Waals surface area contributed by atoms with Crippen molar-refractivity contribution < 1.29 is 9.47 Å². The van der Waals surface area contributed by atoms with Crippen molar-refractivity contribution in [3.8, 4) is 11.5 Å². The van der Waals surface area contributed by atoms with Gasteiger partial charge in [0.15, 0.2) is 17.5 Å². The molecule has 148 valence electrons. The molecule has 1 unspecified atom stereocenters. The second kappa shape index (κ2) is 8.73. The number of nitrogens with one attached hydrogen (secondary N) is 1. The van der Waals surface area contributed by atoms with Crippen LogP contribution >= 0.6 is 15.9 Å². The highest BCUT2D eigenvalue weighted by molar-refractivity contribution is 9.10. The number of nitrogens with two attached hydrogens (primary N) is 1. The van der Waals surface area contributed by atoms with Crippen molar-refractivity contribution in [2.45, 2.75) is 12.8 Å². The van der Waals surface area contributed by atoms with Gasteiger partial charge in [-0.25, -0.2) is 0 Å². The van der Waals surface area contributed by atoms with E-state index in [1.165, 1.54) is 5.69 Å². The fourth-order valence-electron chi connectivity index (χ4n) is 3.52. The lowest BCUT2D eigenvalue weighted by atomic mass is 10.1. The summed E-state index contributed by atoms with van der Waals surface area (Å²) < 4.78 is 12.5. The van der Waals surface area contributed by atoms with Crippen LogP contribution in [0, 0.1) is 5.92 Å². The Balaban J connectivity index is 1.31. The Morgan fingerprint density at radius 2 is 1.93 bits per heavy atom. The number of anilines is 2. The molecule has 2 aliphatic heterocycles. The van der Waals surface area contributed by atoms with Crippen LogP contribution in [0.25, 0.3) is 0 Å². The monoisotopic (exact) mass is 444 g/mol. The molecule has 1 fully saturated rings. The van der Waals surface area contributed by atoms with E-state index in [4.69, 9.17) is 15.2 Å². The molecule has 28 heavy (non-hydrogen) atoms. The molecule has 1 atom stereocenters. The minimum absolute atomic E-state index is 0.427. The number of guanidine groups is 1. The smallest absolute Gasteiger partial charge is 0.193 e. The van der Waals surface area contributed by atoms with Gasteiger partial charge in [0.1, 0.15) is 0 Å². The van der Waals surface area contributed by atoms with Gasteiger partial charge in [-0.2, -0.15) is 0 Å². The average molecular weight is 445 g/mol. The summed E-state index contributed by atoms with van der Waals surface area (Å²) in [7, 11) is 0. The third-order valence-corrected chi connectivity index (χ3v) is 5.55. The van der Waals surface area contributed by atoms with Gasteiger partial charge in [0.2, 0.25) is 0 Å². The molecule has 6 nitrogen and oxygen atoms in total. The van der Waals surface area contributed by atoms with Crippen LogP contribution < -0.4 is 25.4 Å². The number of nitrogens with zero attached hydrogens (tertiary/aromatic N) is 2. The van der Waals surface area contributed by atoms with Gasteiger partial charge in [0, 0.05) is 48.0 Å². The van der Waals surface area contributed by atoms with E-state index in [-0.39, 0.29) is 0 Å². The molecule has 0 radical (unpaired) electrons. The maximum absolute atomic E-state index is 6.10.